The van der Waals surface area contributed by atoms with Crippen molar-refractivity contribution >= 4 is 40.7 Å². The highest BCUT2D eigenvalue weighted by atomic mass is 35.5. The first-order valence-electron chi connectivity index (χ1n) is 6.01. The van der Waals surface area contributed by atoms with Gasteiger partial charge in [-0.25, -0.2) is 9.37 Å². The van der Waals surface area contributed by atoms with Crippen molar-refractivity contribution in [3.63, 3.8) is 0 Å². The number of amides is 1. The van der Waals surface area contributed by atoms with E-state index in [2.05, 4.69) is 10.3 Å². The molecule has 2 rings (SSSR count). The molecule has 21 heavy (non-hydrogen) atoms. The van der Waals surface area contributed by atoms with E-state index in [0.29, 0.717) is 12.0 Å². The highest BCUT2D eigenvalue weighted by Gasteiger charge is 2.16. The minimum atomic E-state index is -0.491. The number of nitrogens with zero attached hydrogens (tertiary/aromatic N) is 1. The summed E-state index contributed by atoms with van der Waals surface area (Å²) in [6, 6.07) is 6.37. The van der Waals surface area contributed by atoms with Gasteiger partial charge >= 0.3 is 0 Å². The molecule has 0 aliphatic carbocycles. The Labute approximate surface area is 136 Å². The fourth-order valence-corrected chi connectivity index (χ4v) is 2.26. The van der Waals surface area contributed by atoms with E-state index in [9.17, 15) is 9.18 Å². The van der Waals surface area contributed by atoms with Crippen molar-refractivity contribution < 1.29 is 9.18 Å². The average molecular weight is 348 g/mol. The van der Waals surface area contributed by atoms with Crippen LogP contribution in [0.15, 0.2) is 30.5 Å². The molecule has 1 heterocycles. The number of benzene rings is 1. The highest BCUT2D eigenvalue weighted by molar-refractivity contribution is 6.48. The lowest BCUT2D eigenvalue weighted by molar-refractivity contribution is 0.0949. The lowest BCUT2D eigenvalue weighted by Crippen LogP contribution is -2.27. The van der Waals surface area contributed by atoms with Crippen LogP contribution in [0.4, 0.5) is 4.39 Å². The third-order valence-corrected chi connectivity index (χ3v) is 4.01. The summed E-state index contributed by atoms with van der Waals surface area (Å²) in [5.74, 6) is -0.799. The quantitative estimate of drug-likeness (QED) is 0.902. The summed E-state index contributed by atoms with van der Waals surface area (Å²) >= 11 is 17.5. The Bertz CT molecular complexity index is 679. The van der Waals surface area contributed by atoms with Crippen molar-refractivity contribution in [1.29, 1.82) is 0 Å². The molecule has 0 spiro atoms. The second-order valence-electron chi connectivity index (χ2n) is 4.18. The molecule has 1 aromatic heterocycles. The van der Waals surface area contributed by atoms with Gasteiger partial charge in [0.2, 0.25) is 0 Å². The number of halogens is 4. The molecule has 0 saturated heterocycles. The van der Waals surface area contributed by atoms with Gasteiger partial charge in [0.1, 0.15) is 11.5 Å². The number of nitrogens with one attached hydrogen (secondary N) is 1. The van der Waals surface area contributed by atoms with Crippen molar-refractivity contribution in [2.45, 2.75) is 6.42 Å². The molecule has 0 radical (unpaired) electrons. The molecule has 0 aliphatic rings. The first-order valence-corrected chi connectivity index (χ1v) is 7.15. The third kappa shape index (κ3) is 3.84. The number of hydrogen-bond donors (Lipinski definition) is 1. The first-order chi connectivity index (χ1) is 10.0. The monoisotopic (exact) mass is 346 g/mol. The van der Waals surface area contributed by atoms with Crippen LogP contribution in [0.1, 0.15) is 16.1 Å². The molecule has 0 saturated carbocycles. The summed E-state index contributed by atoms with van der Waals surface area (Å²) in [7, 11) is 0. The smallest absolute Gasteiger partial charge is 0.271 e. The van der Waals surface area contributed by atoms with Gasteiger partial charge in [-0.05, 0) is 18.1 Å². The van der Waals surface area contributed by atoms with E-state index in [1.54, 1.807) is 18.2 Å². The van der Waals surface area contributed by atoms with Crippen molar-refractivity contribution in [3.05, 3.63) is 62.6 Å². The fourth-order valence-electron chi connectivity index (χ4n) is 1.70. The van der Waals surface area contributed by atoms with E-state index < -0.39 is 5.91 Å². The molecule has 0 aliphatic heterocycles. The maximum Gasteiger partial charge on any atom is 0.271 e. The molecule has 0 atom stereocenters. The molecule has 0 bridgehead atoms. The van der Waals surface area contributed by atoms with Crippen molar-refractivity contribution in [1.82, 2.24) is 10.3 Å². The van der Waals surface area contributed by atoms with E-state index in [0.717, 1.165) is 0 Å². The van der Waals surface area contributed by atoms with E-state index in [1.165, 1.54) is 12.3 Å². The Kier molecular flexibility index (Phi) is 5.39. The maximum absolute atomic E-state index is 13.4. The van der Waals surface area contributed by atoms with Crippen LogP contribution in [-0.4, -0.2) is 17.4 Å². The SMILES string of the molecule is O=C(NCCc1ccccc1F)c1ncc(Cl)c(Cl)c1Cl. The Morgan fingerprint density at radius 3 is 2.62 bits per heavy atom. The minimum Gasteiger partial charge on any atom is -0.350 e. The zero-order chi connectivity index (χ0) is 15.4. The van der Waals surface area contributed by atoms with E-state index in [4.69, 9.17) is 34.8 Å². The first kappa shape index (κ1) is 16.0. The predicted molar refractivity (Wildman–Crippen MR) is 81.7 cm³/mol. The minimum absolute atomic E-state index is 0.00689. The molecule has 2 aromatic rings. The van der Waals surface area contributed by atoms with Gasteiger partial charge in [0.05, 0.1) is 15.1 Å². The van der Waals surface area contributed by atoms with Crippen LogP contribution < -0.4 is 5.32 Å². The number of aromatic nitrogens is 1. The van der Waals surface area contributed by atoms with Gasteiger partial charge in [0.25, 0.3) is 5.91 Å². The molecular formula is C14H10Cl3FN2O. The lowest BCUT2D eigenvalue weighted by Gasteiger charge is -2.08. The van der Waals surface area contributed by atoms with Crippen LogP contribution in [0, 0.1) is 5.82 Å². The normalized spacial score (nSPS) is 10.5. The molecule has 1 N–H and O–H groups in total. The maximum atomic E-state index is 13.4. The molecule has 3 nitrogen and oxygen atoms in total. The van der Waals surface area contributed by atoms with Crippen LogP contribution in [0.3, 0.4) is 0 Å². The van der Waals surface area contributed by atoms with Gasteiger partial charge < -0.3 is 5.32 Å². The van der Waals surface area contributed by atoms with Gasteiger partial charge in [0.15, 0.2) is 0 Å². The second kappa shape index (κ2) is 7.07. The molecule has 1 amide bonds. The summed E-state index contributed by atoms with van der Waals surface area (Å²) in [5, 5.41) is 2.85. The molecule has 110 valence electrons. The number of carbonyl (C=O) groups is 1. The Morgan fingerprint density at radius 2 is 1.90 bits per heavy atom. The zero-order valence-corrected chi connectivity index (χ0v) is 12.9. The number of carbonyl (C=O) groups excluding carboxylic acids is 1. The Balaban J connectivity index is 2.00. The fraction of sp³-hybridized carbons (Fsp3) is 0.143. The largest absolute Gasteiger partial charge is 0.350 e. The van der Waals surface area contributed by atoms with Gasteiger partial charge in [0, 0.05) is 12.7 Å². The lowest BCUT2D eigenvalue weighted by atomic mass is 10.1. The average Bonchev–Trinajstić information content (AvgIpc) is 2.47. The molecule has 7 heteroatoms. The molecular weight excluding hydrogens is 338 g/mol. The second-order valence-corrected chi connectivity index (χ2v) is 5.34. The van der Waals surface area contributed by atoms with Gasteiger partial charge in [-0.2, -0.15) is 0 Å². The van der Waals surface area contributed by atoms with Gasteiger partial charge in [-0.3, -0.25) is 4.79 Å². The highest BCUT2D eigenvalue weighted by Crippen LogP contribution is 2.30. The molecule has 0 fully saturated rings. The number of rotatable bonds is 4. The van der Waals surface area contributed by atoms with E-state index in [-0.39, 0.29) is 33.1 Å². The van der Waals surface area contributed by atoms with E-state index in [1.807, 2.05) is 0 Å². The van der Waals surface area contributed by atoms with Crippen LogP contribution in [0.2, 0.25) is 15.1 Å². The van der Waals surface area contributed by atoms with Crippen molar-refractivity contribution in [2.24, 2.45) is 0 Å². The third-order valence-electron chi connectivity index (χ3n) is 2.77. The van der Waals surface area contributed by atoms with E-state index >= 15 is 0 Å². The van der Waals surface area contributed by atoms with Crippen molar-refractivity contribution in [2.75, 3.05) is 6.54 Å². The van der Waals surface area contributed by atoms with Crippen LogP contribution >= 0.6 is 34.8 Å². The Morgan fingerprint density at radius 1 is 1.19 bits per heavy atom. The summed E-state index contributed by atoms with van der Waals surface area (Å²) in [4.78, 5) is 15.8. The summed E-state index contributed by atoms with van der Waals surface area (Å²) < 4.78 is 13.4. The molecule has 0 unspecified atom stereocenters. The van der Waals surface area contributed by atoms with Crippen LogP contribution in [0.25, 0.3) is 0 Å². The van der Waals surface area contributed by atoms with Gasteiger partial charge in [-0.15, -0.1) is 0 Å². The summed E-state index contributed by atoms with van der Waals surface area (Å²) in [6.45, 7) is 0.248. The summed E-state index contributed by atoms with van der Waals surface area (Å²) in [6.07, 6.45) is 1.61. The van der Waals surface area contributed by atoms with Crippen LogP contribution in [0.5, 0.6) is 0 Å². The summed E-state index contributed by atoms with van der Waals surface area (Å²) in [5.41, 5.74) is 0.505. The van der Waals surface area contributed by atoms with Crippen molar-refractivity contribution in [3.8, 4) is 0 Å². The van der Waals surface area contributed by atoms with Crippen LogP contribution in [-0.2, 0) is 6.42 Å². The number of hydrogen-bond acceptors (Lipinski definition) is 2. The predicted octanol–water partition coefficient (Wildman–Crippen LogP) is 4.15. The molecule has 1 aromatic carbocycles. The topological polar surface area (TPSA) is 42.0 Å². The Hall–Kier alpha value is -1.36. The number of pyridine rings is 1. The standard InChI is InChI=1S/C14H10Cl3FN2O/c15-9-7-20-13(12(17)11(9)16)14(21)19-6-5-8-3-1-2-4-10(8)18/h1-4,7H,5-6H2,(H,19,21). The zero-order valence-electron chi connectivity index (χ0n) is 10.7. The van der Waals surface area contributed by atoms with Gasteiger partial charge in [-0.1, -0.05) is 53.0 Å².